The van der Waals surface area contributed by atoms with Gasteiger partial charge in [-0.2, -0.15) is 23.0 Å². The van der Waals surface area contributed by atoms with Crippen LogP contribution in [0.4, 0.5) is 18.9 Å². The molecular weight excluding hydrogens is 475 g/mol. The van der Waals surface area contributed by atoms with Crippen molar-refractivity contribution in [2.24, 2.45) is 0 Å². The van der Waals surface area contributed by atoms with Crippen LogP contribution < -0.4 is 19.9 Å². The van der Waals surface area contributed by atoms with Crippen molar-refractivity contribution in [1.29, 1.82) is 0 Å². The monoisotopic (exact) mass is 503 g/mol. The second kappa shape index (κ2) is 10.2. The molecule has 1 aliphatic carbocycles. The minimum absolute atomic E-state index is 0.0446. The summed E-state index contributed by atoms with van der Waals surface area (Å²) in [7, 11) is 4.73. The lowest BCUT2D eigenvalue weighted by molar-refractivity contribution is -0.137. The van der Waals surface area contributed by atoms with Gasteiger partial charge in [-0.3, -0.25) is 4.79 Å². The Morgan fingerprint density at radius 3 is 2.33 bits per heavy atom. The molecule has 1 N–H and O–H groups in total. The van der Waals surface area contributed by atoms with Crippen LogP contribution in [0.15, 0.2) is 41.2 Å². The second-order valence-electron chi connectivity index (χ2n) is 8.68. The van der Waals surface area contributed by atoms with Crippen LogP contribution in [0.5, 0.6) is 11.5 Å². The minimum atomic E-state index is -4.70. The minimum Gasteiger partial charge on any atom is -0.497 e. The number of hydrogen-bond donors (Lipinski definition) is 1. The number of alkyl halides is 3. The molecule has 1 heterocycles. The molecule has 0 radical (unpaired) electrons. The summed E-state index contributed by atoms with van der Waals surface area (Å²) in [5.41, 5.74) is 0.835. The lowest BCUT2D eigenvalue weighted by atomic mass is 10.0. The van der Waals surface area contributed by atoms with Crippen molar-refractivity contribution < 1.29 is 27.8 Å². The first kappa shape index (κ1) is 25.6. The van der Waals surface area contributed by atoms with Gasteiger partial charge in [0.1, 0.15) is 11.5 Å². The van der Waals surface area contributed by atoms with Crippen molar-refractivity contribution in [3.63, 3.8) is 0 Å². The van der Waals surface area contributed by atoms with E-state index in [1.54, 1.807) is 30.1 Å². The molecule has 0 spiro atoms. The highest BCUT2D eigenvalue weighted by atomic mass is 19.4. The van der Waals surface area contributed by atoms with E-state index in [1.165, 1.54) is 26.4 Å². The summed E-state index contributed by atoms with van der Waals surface area (Å²) in [5.74, 6) is 0.998. The van der Waals surface area contributed by atoms with E-state index in [-0.39, 0.29) is 12.3 Å². The van der Waals surface area contributed by atoms with Gasteiger partial charge in [-0.25, -0.2) is 0 Å². The van der Waals surface area contributed by atoms with Crippen molar-refractivity contribution in [2.75, 3.05) is 39.3 Å². The van der Waals surface area contributed by atoms with Crippen LogP contribution in [0.25, 0.3) is 16.9 Å². The van der Waals surface area contributed by atoms with Gasteiger partial charge in [0.15, 0.2) is 0 Å². The Bertz CT molecular complexity index is 1300. The van der Waals surface area contributed by atoms with Gasteiger partial charge in [0.05, 0.1) is 31.2 Å². The van der Waals surface area contributed by atoms with Crippen molar-refractivity contribution in [2.45, 2.75) is 31.9 Å². The number of halogens is 3. The maximum absolute atomic E-state index is 14.1. The maximum Gasteiger partial charge on any atom is 0.418 e. The van der Waals surface area contributed by atoms with Crippen LogP contribution in [-0.4, -0.2) is 49.3 Å². The number of methoxy groups -OCH3 is 2. The van der Waals surface area contributed by atoms with Crippen molar-refractivity contribution in [1.82, 2.24) is 9.78 Å². The summed E-state index contributed by atoms with van der Waals surface area (Å²) < 4.78 is 53.8. The third-order valence-corrected chi connectivity index (χ3v) is 6.39. The summed E-state index contributed by atoms with van der Waals surface area (Å²) in [5, 5.41) is 13.6. The van der Waals surface area contributed by atoms with Crippen LogP contribution in [0.2, 0.25) is 0 Å². The Morgan fingerprint density at radius 1 is 1.06 bits per heavy atom. The fourth-order valence-electron chi connectivity index (χ4n) is 4.52. The predicted octanol–water partition coefficient (Wildman–Crippen LogP) is 4.24. The molecule has 10 heteroatoms. The van der Waals surface area contributed by atoms with Crippen LogP contribution in [0.1, 0.15) is 29.5 Å². The number of rotatable bonds is 8. The Hall–Kier alpha value is -3.53. The Morgan fingerprint density at radius 2 is 1.72 bits per heavy atom. The first-order valence-electron chi connectivity index (χ1n) is 11.6. The molecule has 0 aliphatic heterocycles. The molecular formula is C26H28F3N3O4. The smallest absolute Gasteiger partial charge is 0.418 e. The summed E-state index contributed by atoms with van der Waals surface area (Å²) in [6, 6.07) is 8.79. The van der Waals surface area contributed by atoms with Crippen LogP contribution in [0, 0.1) is 0 Å². The zero-order valence-corrected chi connectivity index (χ0v) is 20.4. The van der Waals surface area contributed by atoms with Gasteiger partial charge < -0.3 is 19.5 Å². The average Bonchev–Trinajstić information content (AvgIpc) is 3.37. The Kier molecular flexibility index (Phi) is 7.26. The summed E-state index contributed by atoms with van der Waals surface area (Å²) in [6.07, 6.45) is -2.48. The first-order chi connectivity index (χ1) is 17.2. The molecule has 4 rings (SSSR count). The van der Waals surface area contributed by atoms with Crippen LogP contribution in [-0.2, 0) is 19.0 Å². The normalized spacial score (nSPS) is 13.0. The molecule has 0 fully saturated rings. The average molecular weight is 504 g/mol. The molecule has 0 bridgehead atoms. The molecule has 0 unspecified atom stereocenters. The van der Waals surface area contributed by atoms with E-state index in [1.807, 2.05) is 0 Å². The fourth-order valence-corrected chi connectivity index (χ4v) is 4.52. The molecule has 0 atom stereocenters. The SMILES string of the molecule is COc1cc(OC)cc(-c2nn(-c3cc(N(C)CCCO)ccc3C(F)(F)F)c(=O)c3c2CCC3)c1. The van der Waals surface area contributed by atoms with Crippen molar-refractivity contribution in [3.05, 3.63) is 63.4 Å². The van der Waals surface area contributed by atoms with Crippen LogP contribution >= 0.6 is 0 Å². The van der Waals surface area contributed by atoms with Gasteiger partial charge in [0, 0.05) is 43.1 Å². The zero-order valence-electron chi connectivity index (χ0n) is 20.4. The van der Waals surface area contributed by atoms with E-state index in [4.69, 9.17) is 14.6 Å². The highest BCUT2D eigenvalue weighted by Gasteiger charge is 2.36. The lowest BCUT2D eigenvalue weighted by Gasteiger charge is -2.22. The number of fused-ring (bicyclic) bond motifs is 1. The van der Waals surface area contributed by atoms with E-state index >= 15 is 0 Å². The largest absolute Gasteiger partial charge is 0.497 e. The van der Waals surface area contributed by atoms with Gasteiger partial charge in [-0.15, -0.1) is 0 Å². The van der Waals surface area contributed by atoms with E-state index in [0.29, 0.717) is 66.2 Å². The zero-order chi connectivity index (χ0) is 26.0. The summed E-state index contributed by atoms with van der Waals surface area (Å²) in [6.45, 7) is 0.389. The number of aromatic nitrogens is 2. The fraction of sp³-hybridized carbons (Fsp3) is 0.385. The molecule has 192 valence electrons. The van der Waals surface area contributed by atoms with Gasteiger partial charge in [0.25, 0.3) is 5.56 Å². The summed E-state index contributed by atoms with van der Waals surface area (Å²) in [4.78, 5) is 15.2. The lowest BCUT2D eigenvalue weighted by Crippen LogP contribution is -2.28. The molecule has 3 aromatic rings. The highest BCUT2D eigenvalue weighted by molar-refractivity contribution is 5.69. The van der Waals surface area contributed by atoms with Gasteiger partial charge in [-0.05, 0) is 61.6 Å². The Balaban J connectivity index is 1.98. The molecule has 1 aliphatic rings. The number of benzene rings is 2. The number of aliphatic hydroxyl groups is 1. The van der Waals surface area contributed by atoms with Gasteiger partial charge in [-0.1, -0.05) is 0 Å². The molecule has 0 saturated carbocycles. The van der Waals surface area contributed by atoms with Gasteiger partial charge in [0.2, 0.25) is 0 Å². The predicted molar refractivity (Wildman–Crippen MR) is 130 cm³/mol. The van der Waals surface area contributed by atoms with Crippen molar-refractivity contribution >= 4 is 5.69 Å². The quantitative estimate of drug-likeness (QED) is 0.496. The van der Waals surface area contributed by atoms with Crippen molar-refractivity contribution in [3.8, 4) is 28.4 Å². The molecule has 36 heavy (non-hydrogen) atoms. The topological polar surface area (TPSA) is 76.8 Å². The molecule has 0 amide bonds. The molecule has 1 aromatic heterocycles. The number of ether oxygens (including phenoxy) is 2. The van der Waals surface area contributed by atoms with E-state index in [9.17, 15) is 18.0 Å². The maximum atomic E-state index is 14.1. The first-order valence-corrected chi connectivity index (χ1v) is 11.6. The number of aliphatic hydroxyl groups excluding tert-OH is 1. The molecule has 7 nitrogen and oxygen atoms in total. The third kappa shape index (κ3) is 4.90. The Labute approximate surface area is 206 Å². The standard InChI is InChI=1S/C26H28F3N3O4/c1-31(10-5-11-33)17-8-9-22(26(27,28)29)23(14-17)32-25(34)21-7-4-6-20(21)24(30-32)16-12-18(35-2)15-19(13-16)36-3/h8-9,12-15,33H,4-7,10-11H2,1-3H3. The van der Waals surface area contributed by atoms with Gasteiger partial charge >= 0.3 is 6.18 Å². The number of anilines is 1. The highest BCUT2D eigenvalue weighted by Crippen LogP contribution is 2.37. The second-order valence-corrected chi connectivity index (χ2v) is 8.68. The van der Waals surface area contributed by atoms with E-state index < -0.39 is 17.3 Å². The van der Waals surface area contributed by atoms with E-state index in [2.05, 4.69) is 5.10 Å². The molecule has 0 saturated heterocycles. The number of nitrogens with zero attached hydrogens (tertiary/aromatic N) is 3. The number of hydrogen-bond acceptors (Lipinski definition) is 6. The van der Waals surface area contributed by atoms with Crippen LogP contribution in [0.3, 0.4) is 0 Å². The third-order valence-electron chi connectivity index (χ3n) is 6.39. The van der Waals surface area contributed by atoms with E-state index in [0.717, 1.165) is 16.3 Å². The molecule has 2 aromatic carbocycles. The summed E-state index contributed by atoms with van der Waals surface area (Å²) >= 11 is 0.